The van der Waals surface area contributed by atoms with E-state index in [9.17, 15) is 0 Å². The zero-order chi connectivity index (χ0) is 8.23. The summed E-state index contributed by atoms with van der Waals surface area (Å²) in [7, 11) is 0.918. The van der Waals surface area contributed by atoms with Crippen LogP contribution in [0, 0.1) is 0 Å². The molecule has 0 saturated heterocycles. The fourth-order valence-electron chi connectivity index (χ4n) is 0.978. The smallest absolute Gasteiger partial charge is 0.0936 e. The Kier molecular flexibility index (Phi) is 2.10. The molecule has 0 aliphatic heterocycles. The van der Waals surface area contributed by atoms with Crippen LogP contribution in [0.15, 0.2) is 30.1 Å². The molecule has 1 aromatic heterocycles. The number of rotatable bonds is 0. The molecule has 3 heteroatoms. The Balaban J connectivity index is 2.54. The van der Waals surface area contributed by atoms with Crippen molar-refractivity contribution >= 4 is 20.5 Å². The topological polar surface area (TPSA) is 25.8 Å². The summed E-state index contributed by atoms with van der Waals surface area (Å²) in [6.45, 7) is 0. The maximum Gasteiger partial charge on any atom is 0.0936 e. The zero-order valence-electron chi connectivity index (χ0n) is 6.38. The van der Waals surface area contributed by atoms with Gasteiger partial charge in [-0.3, -0.25) is 0 Å². The van der Waals surface area contributed by atoms with E-state index in [0.717, 1.165) is 19.6 Å². The van der Waals surface area contributed by atoms with Crippen molar-refractivity contribution in [2.45, 2.75) is 0 Å². The van der Waals surface area contributed by atoms with E-state index < -0.39 is 0 Å². The highest BCUT2D eigenvalue weighted by Gasteiger charge is 1.96. The van der Waals surface area contributed by atoms with E-state index in [1.54, 1.807) is 0 Å². The van der Waals surface area contributed by atoms with E-state index in [-0.39, 0.29) is 0 Å². The summed E-state index contributed by atoms with van der Waals surface area (Å²) in [5, 5.41) is 4.04. The first-order valence-electron chi connectivity index (χ1n) is 3.66. The normalized spacial score (nSPS) is 14.3. The molecule has 0 spiro atoms. The molecule has 2 nitrogen and oxygen atoms in total. The third kappa shape index (κ3) is 1.49. The summed E-state index contributed by atoms with van der Waals surface area (Å²) in [6, 6.07) is 0. The van der Waals surface area contributed by atoms with E-state index in [1.807, 2.05) is 42.3 Å². The molecule has 1 aliphatic rings. The number of aromatic nitrogens is 2. The Bertz CT molecular complexity index is 332. The van der Waals surface area contributed by atoms with Crippen molar-refractivity contribution in [1.82, 2.24) is 9.96 Å². The molecule has 12 heavy (non-hydrogen) atoms. The Hall–Kier alpha value is -1.27. The van der Waals surface area contributed by atoms with Gasteiger partial charge in [-0.25, -0.2) is 0 Å². The molecule has 58 valence electrons. The third-order valence-corrected chi connectivity index (χ3v) is 2.15. The van der Waals surface area contributed by atoms with Crippen LogP contribution < -0.4 is 0 Å². The van der Waals surface area contributed by atoms with Gasteiger partial charge in [0.15, 0.2) is 0 Å². The van der Waals surface area contributed by atoms with Gasteiger partial charge in [-0.05, 0) is 11.9 Å². The van der Waals surface area contributed by atoms with E-state index >= 15 is 0 Å². The predicted octanol–water partition coefficient (Wildman–Crippen LogP) is 2.65. The number of fused-ring (bicyclic) bond motifs is 1. The second kappa shape index (κ2) is 3.42. The van der Waals surface area contributed by atoms with Crippen LogP contribution in [0.5, 0.6) is 0 Å². The van der Waals surface area contributed by atoms with Crippen LogP contribution in [-0.2, 0) is 0 Å². The van der Waals surface area contributed by atoms with E-state index in [4.69, 9.17) is 0 Å². The summed E-state index contributed by atoms with van der Waals surface area (Å²) >= 11 is 0. The fraction of sp³-hybridized carbons (Fsp3) is 0. The van der Waals surface area contributed by atoms with Gasteiger partial charge in [-0.1, -0.05) is 30.4 Å². The molecule has 1 aliphatic carbocycles. The van der Waals surface area contributed by atoms with Crippen molar-refractivity contribution in [2.24, 2.45) is 0 Å². The third-order valence-electron chi connectivity index (χ3n) is 1.56. The van der Waals surface area contributed by atoms with Crippen molar-refractivity contribution in [3.63, 3.8) is 0 Å². The second-order valence-corrected chi connectivity index (χ2v) is 3.05. The first-order chi connectivity index (χ1) is 5.97. The lowest BCUT2D eigenvalue weighted by Crippen LogP contribution is -1.86. The van der Waals surface area contributed by atoms with Gasteiger partial charge in [0, 0.05) is 5.56 Å². The number of hydrogen-bond donors (Lipinski definition) is 0. The Morgan fingerprint density at radius 2 is 1.83 bits per heavy atom. The van der Waals surface area contributed by atoms with E-state index in [2.05, 4.69) is 9.96 Å². The summed E-state index contributed by atoms with van der Waals surface area (Å²) in [6.07, 6.45) is 11.9. The zero-order valence-corrected chi connectivity index (χ0v) is 7.28. The van der Waals surface area contributed by atoms with Gasteiger partial charge >= 0.3 is 0 Å². The Labute approximate surface area is 72.5 Å². The highest BCUT2D eigenvalue weighted by Crippen LogP contribution is 2.14. The van der Waals surface area contributed by atoms with Crippen LogP contribution in [0.4, 0.5) is 0 Å². The van der Waals surface area contributed by atoms with Crippen LogP contribution in [0.25, 0.3) is 12.2 Å². The molecule has 0 bridgehead atoms. The van der Waals surface area contributed by atoms with Crippen molar-refractivity contribution in [3.05, 3.63) is 41.4 Å². The Morgan fingerprint density at radius 1 is 1.00 bits per heavy atom. The second-order valence-electron chi connectivity index (χ2n) is 2.38. The standard InChI is InChI=1S/C9H7N2P/c1-2-4-6-9-8(5-3-1)7-12-11-10-9/h1-7H. The van der Waals surface area contributed by atoms with Crippen LogP contribution in [0.3, 0.4) is 0 Å². The lowest BCUT2D eigenvalue weighted by Gasteiger charge is -1.97. The first kappa shape index (κ1) is 7.38. The summed E-state index contributed by atoms with van der Waals surface area (Å²) in [5.74, 6) is 2.04. The summed E-state index contributed by atoms with van der Waals surface area (Å²) in [5.41, 5.74) is 2.08. The van der Waals surface area contributed by atoms with Gasteiger partial charge in [0.25, 0.3) is 0 Å². The predicted molar refractivity (Wildman–Crippen MR) is 51.8 cm³/mol. The molecule has 1 aromatic rings. The van der Waals surface area contributed by atoms with Gasteiger partial charge in [0.05, 0.1) is 14.0 Å². The van der Waals surface area contributed by atoms with E-state index in [0.29, 0.717) is 0 Å². The minimum absolute atomic E-state index is 0.918. The fourth-order valence-corrected chi connectivity index (χ4v) is 1.52. The molecule has 0 amide bonds. The minimum atomic E-state index is 0.918. The Morgan fingerprint density at radius 3 is 2.75 bits per heavy atom. The van der Waals surface area contributed by atoms with Crippen LogP contribution in [-0.4, -0.2) is 9.96 Å². The van der Waals surface area contributed by atoms with Gasteiger partial charge in [0.1, 0.15) is 0 Å². The highest BCUT2D eigenvalue weighted by molar-refractivity contribution is 7.24. The van der Waals surface area contributed by atoms with Gasteiger partial charge in [0.2, 0.25) is 0 Å². The lowest BCUT2D eigenvalue weighted by atomic mass is 10.2. The van der Waals surface area contributed by atoms with Crippen molar-refractivity contribution in [2.75, 3.05) is 0 Å². The SMILES string of the molecule is C1=CC=Cc2nnpcc2C=C1. The molecule has 0 unspecified atom stereocenters. The number of hydrogen-bond acceptors (Lipinski definition) is 2. The van der Waals surface area contributed by atoms with Crippen LogP contribution in [0.2, 0.25) is 0 Å². The van der Waals surface area contributed by atoms with Crippen molar-refractivity contribution < 1.29 is 0 Å². The van der Waals surface area contributed by atoms with E-state index in [1.165, 1.54) is 0 Å². The lowest BCUT2D eigenvalue weighted by molar-refractivity contribution is 1.11. The monoisotopic (exact) mass is 174 g/mol. The average molecular weight is 174 g/mol. The van der Waals surface area contributed by atoms with Crippen molar-refractivity contribution in [3.8, 4) is 0 Å². The first-order valence-corrected chi connectivity index (χ1v) is 4.58. The van der Waals surface area contributed by atoms with Gasteiger partial charge in [-0.15, -0.1) is 9.96 Å². The molecule has 2 rings (SSSR count). The minimum Gasteiger partial charge on any atom is -0.146 e. The van der Waals surface area contributed by atoms with Gasteiger partial charge < -0.3 is 0 Å². The van der Waals surface area contributed by atoms with Crippen LogP contribution in [0.1, 0.15) is 11.3 Å². The largest absolute Gasteiger partial charge is 0.146 e. The molecule has 0 fully saturated rings. The summed E-state index contributed by atoms with van der Waals surface area (Å²) in [4.78, 5) is 3.91. The molecule has 1 heterocycles. The summed E-state index contributed by atoms with van der Waals surface area (Å²) < 4.78 is 0. The molecule has 0 aromatic carbocycles. The molecule has 0 atom stereocenters. The number of allylic oxidation sites excluding steroid dienone is 4. The van der Waals surface area contributed by atoms with Gasteiger partial charge in [-0.2, -0.15) is 0 Å². The number of nitrogens with zero attached hydrogens (tertiary/aromatic N) is 2. The molecular formula is C9H7N2P. The van der Waals surface area contributed by atoms with Crippen molar-refractivity contribution in [1.29, 1.82) is 0 Å². The average Bonchev–Trinajstić information content (AvgIpc) is 2.06. The highest BCUT2D eigenvalue weighted by atomic mass is 31.0. The molecule has 0 radical (unpaired) electrons. The molecule has 0 N–H and O–H groups in total. The van der Waals surface area contributed by atoms with Crippen LogP contribution >= 0.6 is 8.35 Å². The molecule has 0 saturated carbocycles. The quantitative estimate of drug-likeness (QED) is 0.604. The maximum atomic E-state index is 4.04. The molecular weight excluding hydrogens is 167 g/mol. The maximum absolute atomic E-state index is 4.04.